The smallest absolute Gasteiger partial charge is 0.373 e. The molecule has 1 aliphatic heterocycles. The van der Waals surface area contributed by atoms with Gasteiger partial charge >= 0.3 is 5.97 Å². The van der Waals surface area contributed by atoms with Crippen LogP contribution >= 0.6 is 0 Å². The van der Waals surface area contributed by atoms with Crippen LogP contribution in [0.1, 0.15) is 12.5 Å². The van der Waals surface area contributed by atoms with E-state index in [4.69, 9.17) is 4.74 Å². The lowest BCUT2D eigenvalue weighted by atomic mass is 9.92. The molecular formula is C13H10F2O4. The summed E-state index contributed by atoms with van der Waals surface area (Å²) >= 11 is 0. The molecule has 0 saturated heterocycles. The van der Waals surface area contributed by atoms with Crippen LogP contribution in [0, 0.1) is 11.6 Å². The molecule has 0 amide bonds. The van der Waals surface area contributed by atoms with Gasteiger partial charge in [-0.05, 0) is 19.1 Å². The summed E-state index contributed by atoms with van der Waals surface area (Å²) in [6.45, 7) is 1.30. The summed E-state index contributed by atoms with van der Waals surface area (Å²) in [5.74, 6) is -3.44. The molecule has 6 heteroatoms. The summed E-state index contributed by atoms with van der Waals surface area (Å²) in [4.78, 5) is 23.2. The van der Waals surface area contributed by atoms with E-state index < -0.39 is 29.0 Å². The van der Waals surface area contributed by atoms with Crippen molar-refractivity contribution in [2.75, 3.05) is 7.11 Å². The topological polar surface area (TPSA) is 52.6 Å². The third-order valence-electron chi connectivity index (χ3n) is 2.88. The molecule has 1 aliphatic rings. The Morgan fingerprint density at radius 2 is 2.05 bits per heavy atom. The second kappa shape index (κ2) is 4.46. The number of hydrogen-bond acceptors (Lipinski definition) is 4. The molecule has 0 saturated carbocycles. The highest BCUT2D eigenvalue weighted by atomic mass is 19.1. The number of methoxy groups -OCH3 is 1. The van der Waals surface area contributed by atoms with Crippen molar-refractivity contribution in [3.63, 3.8) is 0 Å². The van der Waals surface area contributed by atoms with Crippen LogP contribution in [0.3, 0.4) is 0 Å². The zero-order valence-corrected chi connectivity index (χ0v) is 10.2. The van der Waals surface area contributed by atoms with Gasteiger partial charge in [-0.1, -0.05) is 0 Å². The predicted molar refractivity (Wildman–Crippen MR) is 59.9 cm³/mol. The minimum Gasteiger partial charge on any atom is -0.467 e. The lowest BCUT2D eigenvalue weighted by Gasteiger charge is -2.24. The Labute approximate surface area is 107 Å². The fourth-order valence-electron chi connectivity index (χ4n) is 1.82. The van der Waals surface area contributed by atoms with E-state index in [1.54, 1.807) is 0 Å². The number of ketones is 1. The molecule has 0 spiro atoms. The van der Waals surface area contributed by atoms with Crippen LogP contribution in [0.2, 0.25) is 0 Å². The number of halogens is 2. The van der Waals surface area contributed by atoms with Gasteiger partial charge in [0.1, 0.15) is 11.6 Å². The first kappa shape index (κ1) is 13.2. The largest absolute Gasteiger partial charge is 0.467 e. The lowest BCUT2D eigenvalue weighted by Crippen LogP contribution is -2.31. The Bertz CT molecular complexity index is 594. The number of esters is 1. The third-order valence-corrected chi connectivity index (χ3v) is 2.88. The molecule has 0 fully saturated rings. The highest BCUT2D eigenvalue weighted by Gasteiger charge is 2.45. The number of rotatable bonds is 2. The zero-order valence-electron chi connectivity index (χ0n) is 10.2. The van der Waals surface area contributed by atoms with E-state index in [-0.39, 0.29) is 11.3 Å². The van der Waals surface area contributed by atoms with Crippen LogP contribution in [-0.2, 0) is 24.7 Å². The molecule has 0 radical (unpaired) electrons. The van der Waals surface area contributed by atoms with E-state index in [0.717, 1.165) is 25.3 Å². The van der Waals surface area contributed by atoms with Gasteiger partial charge in [0.2, 0.25) is 11.5 Å². The van der Waals surface area contributed by atoms with Crippen LogP contribution in [0.4, 0.5) is 8.78 Å². The molecule has 1 heterocycles. The maximum absolute atomic E-state index is 13.7. The summed E-state index contributed by atoms with van der Waals surface area (Å²) in [6, 6.07) is 2.76. The molecule has 4 nitrogen and oxygen atoms in total. The average molecular weight is 268 g/mol. The van der Waals surface area contributed by atoms with Crippen molar-refractivity contribution in [2.24, 2.45) is 0 Å². The van der Waals surface area contributed by atoms with Crippen LogP contribution in [0.15, 0.2) is 30.0 Å². The second-order valence-electron chi connectivity index (χ2n) is 4.12. The predicted octanol–water partition coefficient (Wildman–Crippen LogP) is 1.84. The summed E-state index contributed by atoms with van der Waals surface area (Å²) in [7, 11) is 1.13. The molecule has 100 valence electrons. The van der Waals surface area contributed by atoms with E-state index in [2.05, 4.69) is 4.74 Å². The second-order valence-corrected chi connectivity index (χ2v) is 4.12. The summed E-state index contributed by atoms with van der Waals surface area (Å²) in [5.41, 5.74) is -1.84. The molecule has 1 aromatic rings. The van der Waals surface area contributed by atoms with Gasteiger partial charge in [-0.15, -0.1) is 0 Å². The van der Waals surface area contributed by atoms with Crippen molar-refractivity contribution < 1.29 is 27.8 Å². The molecule has 0 bridgehead atoms. The van der Waals surface area contributed by atoms with Crippen molar-refractivity contribution in [3.8, 4) is 0 Å². The molecule has 2 rings (SSSR count). The van der Waals surface area contributed by atoms with Crippen LogP contribution < -0.4 is 0 Å². The molecule has 0 aliphatic carbocycles. The molecular weight excluding hydrogens is 258 g/mol. The van der Waals surface area contributed by atoms with Crippen molar-refractivity contribution in [2.45, 2.75) is 12.5 Å². The van der Waals surface area contributed by atoms with Gasteiger partial charge in [-0.3, -0.25) is 4.79 Å². The number of carbonyl (C=O) groups excluding carboxylic acids is 2. The lowest BCUT2D eigenvalue weighted by molar-refractivity contribution is -0.144. The first-order chi connectivity index (χ1) is 8.88. The monoisotopic (exact) mass is 268 g/mol. The van der Waals surface area contributed by atoms with E-state index >= 15 is 0 Å². The quantitative estimate of drug-likeness (QED) is 0.768. The maximum atomic E-state index is 13.7. The first-order valence-corrected chi connectivity index (χ1v) is 5.37. The summed E-state index contributed by atoms with van der Waals surface area (Å²) < 4.78 is 36.2. The molecule has 1 aromatic carbocycles. The van der Waals surface area contributed by atoms with Crippen LogP contribution in [0.25, 0.3) is 0 Å². The van der Waals surface area contributed by atoms with E-state index in [1.165, 1.54) is 6.92 Å². The highest BCUT2D eigenvalue weighted by molar-refractivity contribution is 6.06. The van der Waals surface area contributed by atoms with Crippen molar-refractivity contribution in [1.82, 2.24) is 0 Å². The van der Waals surface area contributed by atoms with Crippen LogP contribution in [-0.4, -0.2) is 18.9 Å². The molecule has 0 aromatic heterocycles. The van der Waals surface area contributed by atoms with Gasteiger partial charge < -0.3 is 9.47 Å². The van der Waals surface area contributed by atoms with Crippen molar-refractivity contribution in [3.05, 3.63) is 47.2 Å². The molecule has 1 atom stereocenters. The van der Waals surface area contributed by atoms with Crippen LogP contribution in [0.5, 0.6) is 0 Å². The minimum absolute atomic E-state index is 0.144. The maximum Gasteiger partial charge on any atom is 0.373 e. The number of hydrogen-bond donors (Lipinski definition) is 0. The van der Waals surface area contributed by atoms with Gasteiger partial charge in [0.25, 0.3) is 0 Å². The first-order valence-electron chi connectivity index (χ1n) is 5.37. The van der Waals surface area contributed by atoms with Gasteiger partial charge in [-0.25, -0.2) is 13.6 Å². The Morgan fingerprint density at radius 3 is 2.63 bits per heavy atom. The number of ether oxygens (including phenoxy) is 2. The molecule has 19 heavy (non-hydrogen) atoms. The van der Waals surface area contributed by atoms with Crippen molar-refractivity contribution >= 4 is 11.8 Å². The van der Waals surface area contributed by atoms with Gasteiger partial charge in [0.05, 0.1) is 7.11 Å². The fourth-order valence-corrected chi connectivity index (χ4v) is 1.82. The standard InChI is InChI=1S/C13H10F2O4/c1-13(8-4-3-7(14)5-9(8)15)11(16)6-10(19-13)12(17)18-2/h3-6H,1-2H3. The van der Waals surface area contributed by atoms with Crippen molar-refractivity contribution in [1.29, 1.82) is 0 Å². The van der Waals surface area contributed by atoms with E-state index in [1.807, 2.05) is 0 Å². The fraction of sp³-hybridized carbons (Fsp3) is 0.231. The SMILES string of the molecule is COC(=O)C1=CC(=O)C(C)(c2ccc(F)cc2F)O1. The summed E-state index contributed by atoms with van der Waals surface area (Å²) in [6.07, 6.45) is 0.939. The van der Waals surface area contributed by atoms with Gasteiger partial charge in [-0.2, -0.15) is 0 Å². The Morgan fingerprint density at radius 1 is 1.37 bits per heavy atom. The Hall–Kier alpha value is -2.24. The number of carbonyl (C=O) groups is 2. The highest BCUT2D eigenvalue weighted by Crippen LogP contribution is 2.36. The minimum atomic E-state index is -1.69. The Balaban J connectivity index is 2.41. The van der Waals surface area contributed by atoms with Gasteiger partial charge in [0.15, 0.2) is 5.60 Å². The molecule has 1 unspecified atom stereocenters. The third kappa shape index (κ3) is 2.09. The van der Waals surface area contributed by atoms with E-state index in [0.29, 0.717) is 6.07 Å². The molecule has 0 N–H and O–H groups in total. The zero-order chi connectivity index (χ0) is 14.2. The van der Waals surface area contributed by atoms with Gasteiger partial charge in [0, 0.05) is 17.7 Å². The van der Waals surface area contributed by atoms with E-state index in [9.17, 15) is 18.4 Å². The Kier molecular flexibility index (Phi) is 3.09. The average Bonchev–Trinajstić information content (AvgIpc) is 2.65. The normalized spacial score (nSPS) is 21.9. The number of benzene rings is 1. The summed E-state index contributed by atoms with van der Waals surface area (Å²) in [5, 5.41) is 0.